The van der Waals surface area contributed by atoms with Crippen LogP contribution in [0.25, 0.3) is 10.4 Å². The van der Waals surface area contributed by atoms with Gasteiger partial charge in [0.15, 0.2) is 0 Å². The van der Waals surface area contributed by atoms with Gasteiger partial charge in [-0.05, 0) is 49.8 Å². The molecule has 0 saturated carbocycles. The maximum absolute atomic E-state index is 10.2. The molecule has 2 aliphatic rings. The number of nitrogens with one attached hydrogen (secondary N) is 3. The number of thiazole rings is 1. The van der Waals surface area contributed by atoms with Gasteiger partial charge < -0.3 is 25.4 Å². The lowest BCUT2D eigenvalue weighted by Crippen LogP contribution is -2.45. The Kier molecular flexibility index (Phi) is 8.26. The van der Waals surface area contributed by atoms with Crippen molar-refractivity contribution >= 4 is 17.2 Å². The number of likely N-dealkylation sites (tertiary alicyclic amines) is 1. The maximum atomic E-state index is 10.2. The minimum Gasteiger partial charge on any atom is -0.391 e. The molecule has 8 heteroatoms. The molecule has 0 amide bonds. The Bertz CT molecular complexity index is 866. The molecule has 0 bridgehead atoms. The first-order valence-electron chi connectivity index (χ1n) is 11.6. The first-order chi connectivity index (χ1) is 15.6. The van der Waals surface area contributed by atoms with Crippen molar-refractivity contribution in [2.24, 2.45) is 5.92 Å². The van der Waals surface area contributed by atoms with Crippen LogP contribution in [0, 0.1) is 18.3 Å². The predicted octanol–water partition coefficient (Wildman–Crippen LogP) is 2.64. The van der Waals surface area contributed by atoms with Gasteiger partial charge in [-0.25, -0.2) is 4.98 Å². The molecule has 2 aliphatic heterocycles. The van der Waals surface area contributed by atoms with Crippen LogP contribution >= 0.6 is 11.3 Å². The Hall–Kier alpha value is -1.84. The van der Waals surface area contributed by atoms with Gasteiger partial charge in [0.05, 0.1) is 28.7 Å². The zero-order valence-corrected chi connectivity index (χ0v) is 19.7. The molecule has 2 unspecified atom stereocenters. The molecule has 3 heterocycles. The van der Waals surface area contributed by atoms with Crippen LogP contribution in [0.1, 0.15) is 30.5 Å². The number of hydrogen-bond donors (Lipinski definition) is 4. The molecule has 4 N–H and O–H groups in total. The summed E-state index contributed by atoms with van der Waals surface area (Å²) in [6, 6.07) is 8.78. The molecule has 2 fully saturated rings. The SMILES string of the molecule is Cc1ncsc1-c1ccc(CNCC2CC(O)CN2C(=N)CNCC2CCOCC2)cc1. The molecule has 1 aromatic carbocycles. The second-order valence-electron chi connectivity index (χ2n) is 8.92. The van der Waals surface area contributed by atoms with Crippen LogP contribution in [-0.2, 0) is 11.3 Å². The number of nitrogens with zero attached hydrogens (tertiary/aromatic N) is 2. The predicted molar refractivity (Wildman–Crippen MR) is 129 cm³/mol. The molecular formula is C24H35N5O2S. The Morgan fingerprint density at radius 3 is 2.72 bits per heavy atom. The van der Waals surface area contributed by atoms with Crippen LogP contribution in [-0.4, -0.2) is 72.4 Å². The first kappa shape index (κ1) is 23.3. The Balaban J connectivity index is 1.22. The lowest BCUT2D eigenvalue weighted by Gasteiger charge is -2.28. The third kappa shape index (κ3) is 6.14. The van der Waals surface area contributed by atoms with Gasteiger partial charge in [0, 0.05) is 38.9 Å². The number of amidine groups is 1. The van der Waals surface area contributed by atoms with Crippen molar-refractivity contribution in [3.8, 4) is 10.4 Å². The fourth-order valence-electron chi connectivity index (χ4n) is 4.60. The molecule has 4 rings (SSSR count). The number of aromatic nitrogens is 1. The average Bonchev–Trinajstić information content (AvgIpc) is 3.40. The molecule has 0 aliphatic carbocycles. The van der Waals surface area contributed by atoms with Crippen LogP contribution < -0.4 is 10.6 Å². The molecule has 0 radical (unpaired) electrons. The number of aliphatic hydroxyl groups is 1. The summed E-state index contributed by atoms with van der Waals surface area (Å²) in [5, 5.41) is 25.7. The summed E-state index contributed by atoms with van der Waals surface area (Å²) in [6.45, 7) is 7.31. The largest absolute Gasteiger partial charge is 0.391 e. The van der Waals surface area contributed by atoms with Gasteiger partial charge in [0.2, 0.25) is 0 Å². The summed E-state index contributed by atoms with van der Waals surface area (Å²) in [5.41, 5.74) is 5.40. The molecule has 1 aromatic heterocycles. The number of ether oxygens (including phenoxy) is 1. The summed E-state index contributed by atoms with van der Waals surface area (Å²) in [7, 11) is 0. The monoisotopic (exact) mass is 457 g/mol. The van der Waals surface area contributed by atoms with E-state index in [2.05, 4.69) is 44.8 Å². The van der Waals surface area contributed by atoms with Crippen LogP contribution in [0.4, 0.5) is 0 Å². The van der Waals surface area contributed by atoms with Gasteiger partial charge in [0.1, 0.15) is 5.84 Å². The van der Waals surface area contributed by atoms with Crippen molar-refractivity contribution in [3.63, 3.8) is 0 Å². The van der Waals surface area contributed by atoms with Gasteiger partial charge in [-0.1, -0.05) is 24.3 Å². The minimum atomic E-state index is -0.362. The minimum absolute atomic E-state index is 0.154. The fourth-order valence-corrected chi connectivity index (χ4v) is 5.41. The van der Waals surface area contributed by atoms with Crippen molar-refractivity contribution in [1.82, 2.24) is 20.5 Å². The van der Waals surface area contributed by atoms with Crippen LogP contribution in [0.15, 0.2) is 29.8 Å². The quantitative estimate of drug-likeness (QED) is 0.342. The summed E-state index contributed by atoms with van der Waals surface area (Å²) >= 11 is 1.67. The fraction of sp³-hybridized carbons (Fsp3) is 0.583. The highest BCUT2D eigenvalue weighted by atomic mass is 32.1. The number of rotatable bonds is 9. The summed E-state index contributed by atoms with van der Waals surface area (Å²) in [4.78, 5) is 7.62. The summed E-state index contributed by atoms with van der Waals surface area (Å²) < 4.78 is 5.42. The van der Waals surface area contributed by atoms with E-state index in [1.165, 1.54) is 16.0 Å². The second kappa shape index (κ2) is 11.3. The van der Waals surface area contributed by atoms with Crippen molar-refractivity contribution in [2.45, 2.75) is 44.9 Å². The average molecular weight is 458 g/mol. The molecule has 0 spiro atoms. The van der Waals surface area contributed by atoms with E-state index < -0.39 is 0 Å². The maximum Gasteiger partial charge on any atom is 0.110 e. The van der Waals surface area contributed by atoms with E-state index in [1.54, 1.807) is 11.3 Å². The van der Waals surface area contributed by atoms with Gasteiger partial charge in [-0.15, -0.1) is 11.3 Å². The zero-order chi connectivity index (χ0) is 22.3. The molecule has 7 nitrogen and oxygen atoms in total. The highest BCUT2D eigenvalue weighted by molar-refractivity contribution is 7.13. The van der Waals surface area contributed by atoms with Crippen molar-refractivity contribution in [1.29, 1.82) is 5.41 Å². The second-order valence-corrected chi connectivity index (χ2v) is 9.78. The van der Waals surface area contributed by atoms with Gasteiger partial charge in [-0.2, -0.15) is 0 Å². The molecule has 32 heavy (non-hydrogen) atoms. The lowest BCUT2D eigenvalue weighted by molar-refractivity contribution is 0.0666. The van der Waals surface area contributed by atoms with Crippen LogP contribution in [0.2, 0.25) is 0 Å². The van der Waals surface area contributed by atoms with E-state index >= 15 is 0 Å². The normalized spacial score (nSPS) is 21.9. The topological polar surface area (TPSA) is 93.5 Å². The van der Waals surface area contributed by atoms with Crippen molar-refractivity contribution in [2.75, 3.05) is 39.4 Å². The Labute approximate surface area is 194 Å². The molecule has 174 valence electrons. The van der Waals surface area contributed by atoms with Crippen LogP contribution in [0.5, 0.6) is 0 Å². The van der Waals surface area contributed by atoms with Crippen LogP contribution in [0.3, 0.4) is 0 Å². The van der Waals surface area contributed by atoms with Gasteiger partial charge in [-0.3, -0.25) is 5.41 Å². The van der Waals surface area contributed by atoms with E-state index in [0.29, 0.717) is 31.3 Å². The van der Waals surface area contributed by atoms with Crippen molar-refractivity contribution < 1.29 is 9.84 Å². The molecule has 2 atom stereocenters. The van der Waals surface area contributed by atoms with Gasteiger partial charge in [0.25, 0.3) is 0 Å². The van der Waals surface area contributed by atoms with E-state index in [0.717, 1.165) is 51.4 Å². The van der Waals surface area contributed by atoms with Crippen molar-refractivity contribution in [3.05, 3.63) is 41.0 Å². The highest BCUT2D eigenvalue weighted by Gasteiger charge is 2.32. The number of aryl methyl sites for hydroxylation is 1. The number of benzene rings is 1. The first-order valence-corrected chi connectivity index (χ1v) is 12.5. The number of β-amino-alcohol motifs (C(OH)–C–C–N with tert-alkyl or cyclic N) is 1. The zero-order valence-electron chi connectivity index (χ0n) is 18.8. The summed E-state index contributed by atoms with van der Waals surface area (Å²) in [6.07, 6.45) is 2.54. The standard InChI is InChI=1S/C24H35N5O2S/c1-17-24(32-16-28-17)20-4-2-18(3-5-20)11-26-13-21-10-22(30)15-29(21)23(25)14-27-12-19-6-8-31-9-7-19/h2-5,16,19,21-22,25-27,30H,6-15H2,1H3. The molecule has 2 saturated heterocycles. The molecular weight excluding hydrogens is 422 g/mol. The third-order valence-corrected chi connectivity index (χ3v) is 7.45. The van der Waals surface area contributed by atoms with E-state index in [1.807, 2.05) is 12.4 Å². The van der Waals surface area contributed by atoms with E-state index in [9.17, 15) is 5.11 Å². The third-order valence-electron chi connectivity index (χ3n) is 6.48. The Morgan fingerprint density at radius 1 is 1.22 bits per heavy atom. The number of aliphatic hydroxyl groups excluding tert-OH is 1. The lowest BCUT2D eigenvalue weighted by atomic mass is 10.0. The molecule has 2 aromatic rings. The summed E-state index contributed by atoms with van der Waals surface area (Å²) in [5.74, 6) is 1.22. The highest BCUT2D eigenvalue weighted by Crippen LogP contribution is 2.27. The van der Waals surface area contributed by atoms with Gasteiger partial charge >= 0.3 is 0 Å². The smallest absolute Gasteiger partial charge is 0.110 e. The number of hydrogen-bond acceptors (Lipinski definition) is 7. The Morgan fingerprint density at radius 2 is 2.00 bits per heavy atom. The van der Waals surface area contributed by atoms with E-state index in [4.69, 9.17) is 10.1 Å². The van der Waals surface area contributed by atoms with E-state index in [-0.39, 0.29) is 12.1 Å².